The van der Waals surface area contributed by atoms with Crippen molar-refractivity contribution in [1.29, 1.82) is 0 Å². The number of phosphoric ester groups is 1. The molecule has 0 radical (unpaired) electrons. The van der Waals surface area contributed by atoms with Gasteiger partial charge in [-0.25, -0.2) is 0 Å². The third kappa shape index (κ3) is 7.71. The maximum absolute atomic E-state index is 10.1. The zero-order valence-electron chi connectivity index (χ0n) is 7.77. The fourth-order valence-electron chi connectivity index (χ4n) is 0.625. The number of phosphoric acid groups is 1. The van der Waals surface area contributed by atoms with Crippen LogP contribution in [0.25, 0.3) is 0 Å². The summed E-state index contributed by atoms with van der Waals surface area (Å²) in [7, 11) is -4.95. The molecule has 0 unspecified atom stereocenters. The topological polar surface area (TPSA) is 72.4 Å². The smallest absolute Gasteiger partial charge is 0.780 e. The Bertz CT molecular complexity index is 312. The molecule has 1 rings (SSSR count). The first-order valence-corrected chi connectivity index (χ1v) is 4.78. The molecule has 0 N–H and O–H groups in total. The second-order valence-corrected chi connectivity index (χ2v) is 3.51. The maximum Gasteiger partial charge on any atom is 1.00 e. The quantitative estimate of drug-likeness (QED) is 0.389. The van der Waals surface area contributed by atoms with Gasteiger partial charge in [0, 0.05) is 5.02 Å². The van der Waals surface area contributed by atoms with Crippen LogP contribution in [0.1, 0.15) is 0 Å². The molecule has 0 atom stereocenters. The monoisotopic (exact) mass is 252 g/mol. The molecule has 1 aromatic carbocycles. The van der Waals surface area contributed by atoms with E-state index >= 15 is 0 Å². The van der Waals surface area contributed by atoms with Gasteiger partial charge >= 0.3 is 59.1 Å². The molecule has 0 aliphatic carbocycles. The summed E-state index contributed by atoms with van der Waals surface area (Å²) >= 11 is 5.50. The van der Waals surface area contributed by atoms with Gasteiger partial charge in [0.2, 0.25) is 0 Å². The van der Waals surface area contributed by atoms with E-state index in [2.05, 4.69) is 4.52 Å². The average Bonchev–Trinajstić information content (AvgIpc) is 1.91. The van der Waals surface area contributed by atoms with E-state index in [-0.39, 0.29) is 64.9 Å². The number of halogens is 1. The molecule has 0 spiro atoms. The van der Waals surface area contributed by atoms with Crippen molar-refractivity contribution in [3.63, 3.8) is 0 Å². The first kappa shape index (κ1) is 17.8. The minimum absolute atomic E-state index is 0. The Morgan fingerprint density at radius 3 is 1.93 bits per heavy atom. The molecule has 4 nitrogen and oxygen atoms in total. The molecule has 1 aromatic rings. The molecule has 0 fully saturated rings. The second-order valence-electron chi connectivity index (χ2n) is 1.99. The molecule has 0 amide bonds. The molecule has 0 aliphatic rings. The maximum atomic E-state index is 10.1. The minimum atomic E-state index is -4.95. The fraction of sp³-hybridized carbons (Fsp3) is 0. The Morgan fingerprint density at radius 1 is 1.14 bits per heavy atom. The largest absolute Gasteiger partial charge is 1.00 e. The van der Waals surface area contributed by atoms with Crippen LogP contribution in [0.15, 0.2) is 24.3 Å². The van der Waals surface area contributed by atoms with Crippen molar-refractivity contribution in [2.75, 3.05) is 0 Å². The van der Waals surface area contributed by atoms with Crippen molar-refractivity contribution in [3.8, 4) is 5.75 Å². The van der Waals surface area contributed by atoms with Gasteiger partial charge in [0.25, 0.3) is 0 Å². The first-order valence-electron chi connectivity index (χ1n) is 2.94. The van der Waals surface area contributed by atoms with Gasteiger partial charge in [-0.15, -0.1) is 0 Å². The van der Waals surface area contributed by atoms with Crippen LogP contribution in [0.3, 0.4) is 0 Å². The molecular formula is C6H4ClNa2O4P. The van der Waals surface area contributed by atoms with Crippen LogP contribution in [-0.2, 0) is 4.57 Å². The van der Waals surface area contributed by atoms with Gasteiger partial charge in [0.05, 0.1) is 0 Å². The summed E-state index contributed by atoms with van der Waals surface area (Å²) in [5.74, 6) is -0.0345. The first-order chi connectivity index (χ1) is 5.47. The molecule has 0 aliphatic heterocycles. The Labute approximate surface area is 131 Å². The molecular weight excluding hydrogens is 248 g/mol. The summed E-state index contributed by atoms with van der Waals surface area (Å²) in [5.41, 5.74) is 0. The molecule has 8 heteroatoms. The van der Waals surface area contributed by atoms with Crippen LogP contribution in [-0.4, -0.2) is 0 Å². The summed E-state index contributed by atoms with van der Waals surface area (Å²) in [6.07, 6.45) is 0. The minimum Gasteiger partial charge on any atom is -0.780 e. The summed E-state index contributed by atoms with van der Waals surface area (Å²) in [5, 5.41) is 0.439. The standard InChI is InChI=1S/C6H6ClO4P.2Na/c7-5-1-3-6(4-2-5)11-12(8,9)10;;/h1-4H,(H2,8,9,10);;/q;2*+1/p-2. The van der Waals surface area contributed by atoms with Gasteiger partial charge in [-0.1, -0.05) is 11.6 Å². The van der Waals surface area contributed by atoms with Crippen LogP contribution < -0.4 is 73.4 Å². The average molecular weight is 253 g/mol. The van der Waals surface area contributed by atoms with Crippen molar-refractivity contribution < 1.29 is 78.0 Å². The zero-order valence-corrected chi connectivity index (χ0v) is 13.4. The van der Waals surface area contributed by atoms with Gasteiger partial charge in [0.15, 0.2) is 0 Å². The molecule has 66 valence electrons. The van der Waals surface area contributed by atoms with E-state index in [0.29, 0.717) is 5.02 Å². The zero-order chi connectivity index (χ0) is 9.19. The van der Waals surface area contributed by atoms with Crippen LogP contribution in [0.4, 0.5) is 0 Å². The fourth-order valence-corrected chi connectivity index (χ4v) is 1.13. The summed E-state index contributed by atoms with van der Waals surface area (Å²) in [6.45, 7) is 0. The van der Waals surface area contributed by atoms with E-state index in [1.807, 2.05) is 0 Å². The van der Waals surface area contributed by atoms with Crippen molar-refractivity contribution in [2.24, 2.45) is 0 Å². The Balaban J connectivity index is 0. The molecule has 0 bridgehead atoms. The number of rotatable bonds is 2. The van der Waals surface area contributed by atoms with Crippen molar-refractivity contribution in [3.05, 3.63) is 29.3 Å². The number of hydrogen-bond donors (Lipinski definition) is 0. The van der Waals surface area contributed by atoms with E-state index in [0.717, 1.165) is 0 Å². The summed E-state index contributed by atoms with van der Waals surface area (Å²) < 4.78 is 14.1. The van der Waals surface area contributed by atoms with Crippen LogP contribution >= 0.6 is 19.4 Å². The van der Waals surface area contributed by atoms with Crippen molar-refractivity contribution in [2.45, 2.75) is 0 Å². The molecule has 0 saturated carbocycles. The van der Waals surface area contributed by atoms with E-state index in [4.69, 9.17) is 11.6 Å². The predicted octanol–water partition coefficient (Wildman–Crippen LogP) is -5.44. The summed E-state index contributed by atoms with van der Waals surface area (Å²) in [6, 6.07) is 5.44. The Morgan fingerprint density at radius 2 is 1.57 bits per heavy atom. The van der Waals surface area contributed by atoms with E-state index in [1.54, 1.807) is 0 Å². The van der Waals surface area contributed by atoms with Crippen LogP contribution in [0.2, 0.25) is 5.02 Å². The Kier molecular flexibility index (Phi) is 9.80. The van der Waals surface area contributed by atoms with Crippen molar-refractivity contribution >= 4 is 19.4 Å². The van der Waals surface area contributed by atoms with E-state index < -0.39 is 7.82 Å². The van der Waals surface area contributed by atoms with E-state index in [1.165, 1.54) is 24.3 Å². The normalized spacial score (nSPS) is 9.64. The number of hydrogen-bond acceptors (Lipinski definition) is 4. The second kappa shape index (κ2) is 7.69. The number of benzene rings is 1. The van der Waals surface area contributed by atoms with Crippen LogP contribution in [0.5, 0.6) is 5.75 Å². The van der Waals surface area contributed by atoms with Gasteiger partial charge < -0.3 is 18.9 Å². The van der Waals surface area contributed by atoms with E-state index in [9.17, 15) is 14.4 Å². The van der Waals surface area contributed by atoms with Gasteiger partial charge in [-0.2, -0.15) is 0 Å². The van der Waals surface area contributed by atoms with Gasteiger partial charge in [-0.3, -0.25) is 0 Å². The predicted molar refractivity (Wildman–Crippen MR) is 39.7 cm³/mol. The third-order valence-electron chi connectivity index (χ3n) is 1.03. The SMILES string of the molecule is O=P([O-])([O-])Oc1ccc(Cl)cc1.[Na+].[Na+]. The van der Waals surface area contributed by atoms with Crippen molar-refractivity contribution in [1.82, 2.24) is 0 Å². The molecule has 14 heavy (non-hydrogen) atoms. The molecule has 0 heterocycles. The third-order valence-corrected chi connectivity index (χ3v) is 1.72. The molecule has 0 aromatic heterocycles. The molecule has 0 saturated heterocycles. The van der Waals surface area contributed by atoms with Crippen LogP contribution in [0, 0.1) is 0 Å². The van der Waals surface area contributed by atoms with Gasteiger partial charge in [-0.05, 0) is 24.3 Å². The van der Waals surface area contributed by atoms with Gasteiger partial charge in [0.1, 0.15) is 13.6 Å². The Hall–Kier alpha value is 1.46. The summed E-state index contributed by atoms with van der Waals surface area (Å²) in [4.78, 5) is 20.2.